The summed E-state index contributed by atoms with van der Waals surface area (Å²) in [7, 11) is 0. The van der Waals surface area contributed by atoms with Gasteiger partial charge in [0.25, 0.3) is 0 Å². The molecule has 2 aromatic carbocycles. The summed E-state index contributed by atoms with van der Waals surface area (Å²) >= 11 is 6.09. The van der Waals surface area contributed by atoms with Gasteiger partial charge in [-0.05, 0) is 36.2 Å². The fourth-order valence-electron chi connectivity index (χ4n) is 2.33. The second-order valence-corrected chi connectivity index (χ2v) is 5.41. The third kappa shape index (κ3) is 3.38. The molecule has 0 aliphatic carbocycles. The fraction of sp³-hybridized carbons (Fsp3) is 0.294. The lowest BCUT2D eigenvalue weighted by Gasteiger charge is -2.16. The van der Waals surface area contributed by atoms with E-state index in [1.807, 2.05) is 49.4 Å². The summed E-state index contributed by atoms with van der Waals surface area (Å²) in [5.41, 5.74) is 3.07. The van der Waals surface area contributed by atoms with Gasteiger partial charge in [0.05, 0.1) is 13.2 Å². The second-order valence-electron chi connectivity index (χ2n) is 4.97. The first kappa shape index (κ1) is 14.4. The average molecular weight is 305 g/mol. The summed E-state index contributed by atoms with van der Waals surface area (Å²) in [5.74, 6) is 0.881. The molecule has 1 aliphatic heterocycles. The molecule has 0 amide bonds. The van der Waals surface area contributed by atoms with Crippen LogP contribution in [0, 0.1) is 6.92 Å². The van der Waals surface area contributed by atoms with Crippen molar-refractivity contribution in [2.24, 2.45) is 0 Å². The quantitative estimate of drug-likeness (QED) is 0.844. The van der Waals surface area contributed by atoms with E-state index in [9.17, 15) is 0 Å². The van der Waals surface area contributed by atoms with E-state index >= 15 is 0 Å². The van der Waals surface area contributed by atoms with Gasteiger partial charge in [0.1, 0.15) is 12.4 Å². The van der Waals surface area contributed by atoms with E-state index in [1.165, 1.54) is 0 Å². The summed E-state index contributed by atoms with van der Waals surface area (Å²) in [6.45, 7) is 3.70. The van der Waals surface area contributed by atoms with Crippen molar-refractivity contribution >= 4 is 11.6 Å². The number of rotatable bonds is 4. The normalized spacial score (nSPS) is 15.3. The van der Waals surface area contributed by atoms with Crippen molar-refractivity contribution in [3.05, 3.63) is 64.2 Å². The van der Waals surface area contributed by atoms with Gasteiger partial charge in [-0.3, -0.25) is 0 Å². The van der Waals surface area contributed by atoms with Gasteiger partial charge in [0.2, 0.25) is 0 Å². The molecule has 110 valence electrons. The molecule has 0 bridgehead atoms. The SMILES string of the molecule is Cc1ccccc1OCc1ccc(Cl)cc1C1OCCO1. The predicted molar refractivity (Wildman–Crippen MR) is 81.6 cm³/mol. The van der Waals surface area contributed by atoms with Crippen molar-refractivity contribution in [2.45, 2.75) is 19.8 Å². The highest BCUT2D eigenvalue weighted by Crippen LogP contribution is 2.30. The number of para-hydroxylation sites is 1. The van der Waals surface area contributed by atoms with Crippen LogP contribution in [0.15, 0.2) is 42.5 Å². The van der Waals surface area contributed by atoms with Gasteiger partial charge in [-0.2, -0.15) is 0 Å². The molecule has 1 saturated heterocycles. The zero-order chi connectivity index (χ0) is 14.7. The summed E-state index contributed by atoms with van der Waals surface area (Å²) < 4.78 is 17.1. The van der Waals surface area contributed by atoms with Crippen molar-refractivity contribution in [1.29, 1.82) is 0 Å². The van der Waals surface area contributed by atoms with Crippen molar-refractivity contribution in [2.75, 3.05) is 13.2 Å². The fourth-order valence-corrected chi connectivity index (χ4v) is 2.51. The number of aryl methyl sites for hydroxylation is 1. The third-order valence-electron chi connectivity index (χ3n) is 3.46. The Kier molecular flexibility index (Phi) is 4.44. The monoisotopic (exact) mass is 304 g/mol. The molecule has 2 aromatic rings. The zero-order valence-corrected chi connectivity index (χ0v) is 12.6. The molecule has 1 aliphatic rings. The Balaban J connectivity index is 1.80. The van der Waals surface area contributed by atoms with Gasteiger partial charge in [-0.1, -0.05) is 35.9 Å². The molecule has 21 heavy (non-hydrogen) atoms. The molecule has 3 nitrogen and oxygen atoms in total. The van der Waals surface area contributed by atoms with Crippen LogP contribution < -0.4 is 4.74 Å². The van der Waals surface area contributed by atoms with Crippen LogP contribution >= 0.6 is 11.6 Å². The Hall–Kier alpha value is -1.55. The Morgan fingerprint density at radius 3 is 2.67 bits per heavy atom. The second kappa shape index (κ2) is 6.48. The van der Waals surface area contributed by atoms with Crippen LogP contribution in [-0.2, 0) is 16.1 Å². The lowest BCUT2D eigenvalue weighted by atomic mass is 10.1. The van der Waals surface area contributed by atoms with E-state index in [1.54, 1.807) is 0 Å². The minimum absolute atomic E-state index is 0.348. The van der Waals surface area contributed by atoms with Crippen molar-refractivity contribution in [3.8, 4) is 5.75 Å². The molecule has 0 N–H and O–H groups in total. The first-order valence-corrected chi connectivity index (χ1v) is 7.32. The van der Waals surface area contributed by atoms with Crippen LogP contribution in [0.25, 0.3) is 0 Å². The number of halogens is 1. The Labute approximate surface area is 129 Å². The Morgan fingerprint density at radius 2 is 1.90 bits per heavy atom. The van der Waals surface area contributed by atoms with Gasteiger partial charge in [-0.25, -0.2) is 0 Å². The molecule has 1 fully saturated rings. The Morgan fingerprint density at radius 1 is 1.14 bits per heavy atom. The lowest BCUT2D eigenvalue weighted by molar-refractivity contribution is -0.0451. The van der Waals surface area contributed by atoms with Gasteiger partial charge < -0.3 is 14.2 Å². The minimum atomic E-state index is -0.348. The molecule has 0 aromatic heterocycles. The maximum atomic E-state index is 6.09. The van der Waals surface area contributed by atoms with Crippen LogP contribution in [0.3, 0.4) is 0 Å². The van der Waals surface area contributed by atoms with Crippen molar-refractivity contribution in [1.82, 2.24) is 0 Å². The van der Waals surface area contributed by atoms with Crippen LogP contribution in [0.2, 0.25) is 5.02 Å². The van der Waals surface area contributed by atoms with Crippen molar-refractivity contribution in [3.63, 3.8) is 0 Å². The highest BCUT2D eigenvalue weighted by atomic mass is 35.5. The molecule has 0 atom stereocenters. The van der Waals surface area contributed by atoms with E-state index in [2.05, 4.69) is 0 Å². The smallest absolute Gasteiger partial charge is 0.184 e. The molecule has 0 spiro atoms. The lowest BCUT2D eigenvalue weighted by Crippen LogP contribution is -2.06. The van der Waals surface area contributed by atoms with E-state index in [0.29, 0.717) is 24.8 Å². The van der Waals surface area contributed by atoms with Crippen LogP contribution in [0.5, 0.6) is 5.75 Å². The van der Waals surface area contributed by atoms with E-state index < -0.39 is 0 Å². The maximum absolute atomic E-state index is 6.09. The topological polar surface area (TPSA) is 27.7 Å². The van der Waals surface area contributed by atoms with Gasteiger partial charge >= 0.3 is 0 Å². The highest BCUT2D eigenvalue weighted by Gasteiger charge is 2.22. The van der Waals surface area contributed by atoms with Crippen LogP contribution in [0.4, 0.5) is 0 Å². The van der Waals surface area contributed by atoms with E-state index in [4.69, 9.17) is 25.8 Å². The highest BCUT2D eigenvalue weighted by molar-refractivity contribution is 6.30. The molecular formula is C17H17ClO3. The van der Waals surface area contributed by atoms with Crippen LogP contribution in [-0.4, -0.2) is 13.2 Å². The molecule has 0 saturated carbocycles. The maximum Gasteiger partial charge on any atom is 0.184 e. The van der Waals surface area contributed by atoms with E-state index in [0.717, 1.165) is 22.4 Å². The van der Waals surface area contributed by atoms with Crippen LogP contribution in [0.1, 0.15) is 23.0 Å². The number of ether oxygens (including phenoxy) is 3. The number of hydrogen-bond donors (Lipinski definition) is 0. The summed E-state index contributed by atoms with van der Waals surface area (Å²) in [5, 5.41) is 0.670. The van der Waals surface area contributed by atoms with Gasteiger partial charge in [0, 0.05) is 10.6 Å². The molecule has 0 unspecified atom stereocenters. The predicted octanol–water partition coefficient (Wildman–Crippen LogP) is 4.27. The standard InChI is InChI=1S/C17H17ClO3/c1-12-4-2-3-5-16(12)21-11-13-6-7-14(18)10-15(13)17-19-8-9-20-17/h2-7,10,17H,8-9,11H2,1H3. The number of hydrogen-bond acceptors (Lipinski definition) is 3. The molecule has 1 heterocycles. The molecule has 4 heteroatoms. The molecular weight excluding hydrogens is 288 g/mol. The third-order valence-corrected chi connectivity index (χ3v) is 3.70. The summed E-state index contributed by atoms with van der Waals surface area (Å²) in [6, 6.07) is 13.7. The van der Waals surface area contributed by atoms with Crippen molar-refractivity contribution < 1.29 is 14.2 Å². The summed E-state index contributed by atoms with van der Waals surface area (Å²) in [6.07, 6.45) is -0.348. The molecule has 0 radical (unpaired) electrons. The Bertz CT molecular complexity index is 621. The minimum Gasteiger partial charge on any atom is -0.489 e. The number of benzene rings is 2. The van der Waals surface area contributed by atoms with Gasteiger partial charge in [-0.15, -0.1) is 0 Å². The molecule has 3 rings (SSSR count). The first-order valence-electron chi connectivity index (χ1n) is 6.94. The average Bonchev–Trinajstić information content (AvgIpc) is 3.01. The summed E-state index contributed by atoms with van der Waals surface area (Å²) in [4.78, 5) is 0. The largest absolute Gasteiger partial charge is 0.489 e. The van der Waals surface area contributed by atoms with E-state index in [-0.39, 0.29) is 6.29 Å². The van der Waals surface area contributed by atoms with Gasteiger partial charge in [0.15, 0.2) is 6.29 Å². The first-order chi connectivity index (χ1) is 10.2. The zero-order valence-electron chi connectivity index (χ0n) is 11.8.